The number of hydrogen-bond donors (Lipinski definition) is 2. The van der Waals surface area contributed by atoms with E-state index in [4.69, 9.17) is 22.1 Å². The normalized spacial score (nSPS) is 10.9. The first-order valence-electron chi connectivity index (χ1n) is 7.18. The number of fused-ring (bicyclic) bond motifs is 1. The third-order valence-electron chi connectivity index (χ3n) is 3.71. The van der Waals surface area contributed by atoms with Crippen molar-refractivity contribution in [3.05, 3.63) is 41.6 Å². The highest BCUT2D eigenvalue weighted by Crippen LogP contribution is 2.27. The van der Waals surface area contributed by atoms with Crippen molar-refractivity contribution in [1.29, 1.82) is 0 Å². The summed E-state index contributed by atoms with van der Waals surface area (Å²) in [5.74, 6) is 2.23. The van der Waals surface area contributed by atoms with Crippen molar-refractivity contribution in [2.24, 2.45) is 0 Å². The number of ether oxygens (including phenoxy) is 1. The molecule has 3 rings (SSSR count). The molecular weight excluding hydrogens is 314 g/mol. The minimum Gasteiger partial charge on any atom is -0.496 e. The molecule has 0 aliphatic heterocycles. The summed E-state index contributed by atoms with van der Waals surface area (Å²) in [7, 11) is 3.47. The summed E-state index contributed by atoms with van der Waals surface area (Å²) in [4.78, 5) is 8.52. The number of hydrogen-bond acceptors (Lipinski definition) is 5. The van der Waals surface area contributed by atoms with E-state index in [1.54, 1.807) is 7.11 Å². The lowest BCUT2D eigenvalue weighted by molar-refractivity contribution is 0.408. The van der Waals surface area contributed by atoms with Gasteiger partial charge in [0.2, 0.25) is 5.95 Å². The van der Waals surface area contributed by atoms with Crippen LogP contribution in [0.15, 0.2) is 30.5 Å². The summed E-state index contributed by atoms with van der Waals surface area (Å²) in [6.07, 6.45) is 1.97. The molecule has 3 aromatic rings. The van der Waals surface area contributed by atoms with Gasteiger partial charge >= 0.3 is 0 Å². The molecule has 3 N–H and O–H groups in total. The maximum atomic E-state index is 5.89. The molecule has 0 bridgehead atoms. The van der Waals surface area contributed by atoms with Crippen LogP contribution >= 0.6 is 11.6 Å². The van der Waals surface area contributed by atoms with Crippen molar-refractivity contribution >= 4 is 34.4 Å². The number of aromatic nitrogens is 3. The second kappa shape index (κ2) is 6.34. The highest BCUT2D eigenvalue weighted by atomic mass is 35.5. The Hall–Kier alpha value is -2.47. The molecule has 23 heavy (non-hydrogen) atoms. The van der Waals surface area contributed by atoms with Crippen molar-refractivity contribution in [2.75, 3.05) is 25.2 Å². The van der Waals surface area contributed by atoms with Crippen LogP contribution in [0, 0.1) is 0 Å². The molecule has 0 unspecified atom stereocenters. The Bertz CT molecular complexity index is 846. The highest BCUT2D eigenvalue weighted by molar-refractivity contribution is 6.17. The Labute approximate surface area is 139 Å². The zero-order valence-corrected chi connectivity index (χ0v) is 13.8. The fourth-order valence-electron chi connectivity index (χ4n) is 2.62. The number of alkyl halides is 1. The monoisotopic (exact) mass is 331 g/mol. The van der Waals surface area contributed by atoms with Gasteiger partial charge in [-0.15, -0.1) is 11.6 Å². The fraction of sp³-hybridized carbons (Fsp3) is 0.250. The number of rotatable bonds is 5. The van der Waals surface area contributed by atoms with Gasteiger partial charge in [-0.3, -0.25) is 0 Å². The van der Waals surface area contributed by atoms with E-state index in [0.29, 0.717) is 18.2 Å². The number of benzene rings is 1. The Morgan fingerprint density at radius 1 is 1.30 bits per heavy atom. The minimum atomic E-state index is 0.253. The molecule has 0 amide bonds. The first kappa shape index (κ1) is 15.4. The van der Waals surface area contributed by atoms with Gasteiger partial charge < -0.3 is 20.4 Å². The molecule has 0 saturated heterocycles. The lowest BCUT2D eigenvalue weighted by Crippen LogP contribution is -2.06. The van der Waals surface area contributed by atoms with Gasteiger partial charge in [0.05, 0.1) is 19.2 Å². The number of nitrogens with zero attached hydrogens (tertiary/aromatic N) is 3. The first-order chi connectivity index (χ1) is 11.2. The Morgan fingerprint density at radius 3 is 2.83 bits per heavy atom. The molecule has 1 aromatic carbocycles. The Balaban J connectivity index is 2.05. The second-order valence-electron chi connectivity index (χ2n) is 5.14. The molecule has 0 spiro atoms. The summed E-state index contributed by atoms with van der Waals surface area (Å²) in [5, 5.41) is 3.07. The van der Waals surface area contributed by atoms with Crippen LogP contribution in [0.5, 0.6) is 5.75 Å². The highest BCUT2D eigenvalue weighted by Gasteiger charge is 2.12. The predicted molar refractivity (Wildman–Crippen MR) is 93.1 cm³/mol. The molecule has 0 atom stereocenters. The summed E-state index contributed by atoms with van der Waals surface area (Å²) in [6, 6.07) is 7.92. The fourth-order valence-corrected chi connectivity index (χ4v) is 2.78. The largest absolute Gasteiger partial charge is 0.496 e. The summed E-state index contributed by atoms with van der Waals surface area (Å²) >= 11 is 5.89. The van der Waals surface area contributed by atoms with Crippen LogP contribution in [-0.4, -0.2) is 28.7 Å². The molecule has 2 heterocycles. The van der Waals surface area contributed by atoms with Gasteiger partial charge in [0, 0.05) is 24.7 Å². The first-order valence-corrected chi connectivity index (χ1v) is 7.71. The molecule has 7 heteroatoms. The SMILES string of the molecule is CNc1nc(N)nc2ccn(Cc3ccc(CCl)cc3OC)c12. The van der Waals surface area contributed by atoms with Gasteiger partial charge in [-0.25, -0.2) is 4.98 Å². The average Bonchev–Trinajstić information content (AvgIpc) is 2.97. The number of nitrogens with one attached hydrogen (secondary N) is 1. The minimum absolute atomic E-state index is 0.253. The summed E-state index contributed by atoms with van der Waals surface area (Å²) < 4.78 is 7.55. The van der Waals surface area contributed by atoms with Crippen LogP contribution in [0.1, 0.15) is 11.1 Å². The molecule has 0 radical (unpaired) electrons. The average molecular weight is 332 g/mol. The third kappa shape index (κ3) is 2.90. The molecule has 0 aliphatic rings. The van der Waals surface area contributed by atoms with Gasteiger partial charge in [0.15, 0.2) is 5.82 Å². The van der Waals surface area contributed by atoms with Crippen LogP contribution in [0.4, 0.5) is 11.8 Å². The molecule has 2 aromatic heterocycles. The standard InChI is InChI=1S/C16H18ClN5O/c1-19-15-14-12(20-16(18)21-15)5-6-22(14)9-11-4-3-10(8-17)7-13(11)23-2/h3-7H,8-9H2,1-2H3,(H3,18,19,20,21). The van der Waals surface area contributed by atoms with E-state index < -0.39 is 0 Å². The van der Waals surface area contributed by atoms with Crippen LogP contribution in [0.25, 0.3) is 11.0 Å². The van der Waals surface area contributed by atoms with E-state index in [9.17, 15) is 0 Å². The lowest BCUT2D eigenvalue weighted by Gasteiger charge is -2.13. The molecule has 0 aliphatic carbocycles. The smallest absolute Gasteiger partial charge is 0.222 e. The van der Waals surface area contributed by atoms with Gasteiger partial charge in [-0.1, -0.05) is 12.1 Å². The van der Waals surface area contributed by atoms with Crippen LogP contribution < -0.4 is 15.8 Å². The zero-order chi connectivity index (χ0) is 16.4. The number of halogens is 1. The molecule has 0 fully saturated rings. The molecule has 6 nitrogen and oxygen atoms in total. The Morgan fingerprint density at radius 2 is 2.13 bits per heavy atom. The maximum absolute atomic E-state index is 5.89. The maximum Gasteiger partial charge on any atom is 0.222 e. The number of methoxy groups -OCH3 is 1. The zero-order valence-electron chi connectivity index (χ0n) is 13.0. The van der Waals surface area contributed by atoms with Gasteiger partial charge in [-0.05, 0) is 17.7 Å². The van der Waals surface area contributed by atoms with Gasteiger partial charge in [-0.2, -0.15) is 4.98 Å². The van der Waals surface area contributed by atoms with Crippen molar-refractivity contribution < 1.29 is 4.74 Å². The van der Waals surface area contributed by atoms with E-state index in [1.165, 1.54) is 0 Å². The quantitative estimate of drug-likeness (QED) is 0.703. The van der Waals surface area contributed by atoms with E-state index in [0.717, 1.165) is 27.9 Å². The molecule has 120 valence electrons. The van der Waals surface area contributed by atoms with Crippen LogP contribution in [-0.2, 0) is 12.4 Å². The van der Waals surface area contributed by atoms with E-state index in [2.05, 4.69) is 19.9 Å². The molecule has 0 saturated carbocycles. The van der Waals surface area contributed by atoms with E-state index >= 15 is 0 Å². The van der Waals surface area contributed by atoms with E-state index in [-0.39, 0.29) is 5.95 Å². The van der Waals surface area contributed by atoms with Crippen molar-refractivity contribution in [2.45, 2.75) is 12.4 Å². The number of anilines is 2. The predicted octanol–water partition coefficient (Wildman–Crippen LogP) is 2.85. The number of nitrogens with two attached hydrogens (primary N) is 1. The topological polar surface area (TPSA) is 78.0 Å². The Kier molecular flexibility index (Phi) is 4.25. The van der Waals surface area contributed by atoms with Gasteiger partial charge in [0.1, 0.15) is 11.3 Å². The lowest BCUT2D eigenvalue weighted by atomic mass is 10.1. The van der Waals surface area contributed by atoms with Crippen LogP contribution in [0.2, 0.25) is 0 Å². The van der Waals surface area contributed by atoms with E-state index in [1.807, 2.05) is 37.5 Å². The van der Waals surface area contributed by atoms with Gasteiger partial charge in [0.25, 0.3) is 0 Å². The number of nitrogen functional groups attached to an aromatic ring is 1. The third-order valence-corrected chi connectivity index (χ3v) is 4.02. The summed E-state index contributed by atoms with van der Waals surface area (Å²) in [5.41, 5.74) is 9.53. The van der Waals surface area contributed by atoms with Crippen molar-refractivity contribution in [3.63, 3.8) is 0 Å². The van der Waals surface area contributed by atoms with Crippen molar-refractivity contribution in [1.82, 2.24) is 14.5 Å². The summed E-state index contributed by atoms with van der Waals surface area (Å²) in [6.45, 7) is 0.636. The molecular formula is C16H18ClN5O. The second-order valence-corrected chi connectivity index (χ2v) is 5.40. The van der Waals surface area contributed by atoms with Crippen LogP contribution in [0.3, 0.4) is 0 Å². The van der Waals surface area contributed by atoms with Crippen molar-refractivity contribution in [3.8, 4) is 5.75 Å².